The van der Waals surface area contributed by atoms with Crippen LogP contribution in [0.5, 0.6) is 0 Å². The van der Waals surface area contributed by atoms with E-state index < -0.39 is 11.7 Å². The van der Waals surface area contributed by atoms with Gasteiger partial charge < -0.3 is 0 Å². The number of hydrogen-bond acceptors (Lipinski definition) is 3. The molecular formula is C16H16F3NS2. The maximum atomic E-state index is 12.8. The second kappa shape index (κ2) is 7.42. The van der Waals surface area contributed by atoms with Gasteiger partial charge in [0.1, 0.15) is 5.03 Å². The Morgan fingerprint density at radius 1 is 1.00 bits per heavy atom. The summed E-state index contributed by atoms with van der Waals surface area (Å²) in [4.78, 5) is 5.43. The third-order valence-electron chi connectivity index (χ3n) is 2.92. The van der Waals surface area contributed by atoms with Gasteiger partial charge in [0, 0.05) is 16.7 Å². The molecular weight excluding hydrogens is 327 g/mol. The molecule has 0 aliphatic carbocycles. The summed E-state index contributed by atoms with van der Waals surface area (Å²) >= 11 is 3.30. The normalized spacial score (nSPS) is 11.7. The van der Waals surface area contributed by atoms with Gasteiger partial charge in [-0.3, -0.25) is 0 Å². The van der Waals surface area contributed by atoms with Crippen LogP contribution in [0, 0.1) is 0 Å². The molecule has 1 nitrogen and oxygen atoms in total. The Morgan fingerprint density at radius 3 is 2.36 bits per heavy atom. The van der Waals surface area contributed by atoms with E-state index in [1.54, 1.807) is 35.8 Å². The zero-order chi connectivity index (χ0) is 16.2. The first-order chi connectivity index (χ1) is 10.5. The minimum absolute atomic E-state index is 0.535. The van der Waals surface area contributed by atoms with E-state index in [9.17, 15) is 13.2 Å². The van der Waals surface area contributed by atoms with E-state index in [1.165, 1.54) is 12.1 Å². The minimum atomic E-state index is -4.33. The molecule has 6 heteroatoms. The molecule has 0 N–H and O–H groups in total. The number of halogens is 3. The first kappa shape index (κ1) is 17.2. The molecule has 2 rings (SSSR count). The molecule has 0 saturated heterocycles. The molecule has 118 valence electrons. The van der Waals surface area contributed by atoms with Gasteiger partial charge in [-0.1, -0.05) is 26.0 Å². The van der Waals surface area contributed by atoms with Crippen LogP contribution in [0.25, 0.3) is 11.1 Å². The van der Waals surface area contributed by atoms with E-state index in [0.29, 0.717) is 11.1 Å². The Bertz CT molecular complexity index is 642. The van der Waals surface area contributed by atoms with E-state index in [1.807, 2.05) is 19.9 Å². The maximum absolute atomic E-state index is 12.8. The van der Waals surface area contributed by atoms with Crippen LogP contribution in [0.1, 0.15) is 19.4 Å². The number of thioether (sulfide) groups is 2. The van der Waals surface area contributed by atoms with Crippen LogP contribution in [0.2, 0.25) is 0 Å². The lowest BCUT2D eigenvalue weighted by Crippen LogP contribution is -2.04. The molecule has 0 atom stereocenters. The van der Waals surface area contributed by atoms with E-state index >= 15 is 0 Å². The average Bonchev–Trinajstić information content (AvgIpc) is 2.49. The summed E-state index contributed by atoms with van der Waals surface area (Å²) in [6.45, 7) is 4.09. The third kappa shape index (κ3) is 4.20. The summed E-state index contributed by atoms with van der Waals surface area (Å²) in [5.41, 5.74) is 0.609. The first-order valence-corrected chi connectivity index (χ1v) is 8.86. The molecule has 0 fully saturated rings. The molecule has 0 aliphatic rings. The fourth-order valence-electron chi connectivity index (χ4n) is 1.97. The van der Waals surface area contributed by atoms with Gasteiger partial charge in [0.2, 0.25) is 0 Å². The molecule has 0 amide bonds. The molecule has 0 bridgehead atoms. The fraction of sp³-hybridized carbons (Fsp3) is 0.312. The smallest absolute Gasteiger partial charge is 0.248 e. The van der Waals surface area contributed by atoms with Gasteiger partial charge in [-0.05, 0) is 35.3 Å². The summed E-state index contributed by atoms with van der Waals surface area (Å²) in [7, 11) is 0. The van der Waals surface area contributed by atoms with Crippen molar-refractivity contribution in [2.24, 2.45) is 0 Å². The van der Waals surface area contributed by atoms with Crippen molar-refractivity contribution in [3.63, 3.8) is 0 Å². The van der Waals surface area contributed by atoms with E-state index in [-0.39, 0.29) is 0 Å². The van der Waals surface area contributed by atoms with E-state index in [2.05, 4.69) is 4.98 Å². The lowest BCUT2D eigenvalue weighted by molar-refractivity contribution is -0.137. The van der Waals surface area contributed by atoms with Crippen LogP contribution < -0.4 is 0 Å². The van der Waals surface area contributed by atoms with Crippen LogP contribution in [-0.4, -0.2) is 16.5 Å². The molecule has 1 aromatic heterocycles. The highest BCUT2D eigenvalue weighted by atomic mass is 32.2. The van der Waals surface area contributed by atoms with Gasteiger partial charge in [0.05, 0.1) is 5.56 Å². The van der Waals surface area contributed by atoms with Crippen molar-refractivity contribution in [1.29, 1.82) is 0 Å². The van der Waals surface area contributed by atoms with Crippen LogP contribution in [0.15, 0.2) is 46.5 Å². The summed E-state index contributed by atoms with van der Waals surface area (Å²) in [6, 6.07) is 7.29. The molecule has 0 spiro atoms. The number of pyridine rings is 1. The van der Waals surface area contributed by atoms with Crippen molar-refractivity contribution < 1.29 is 13.2 Å². The number of alkyl halides is 3. The largest absolute Gasteiger partial charge is 0.416 e. The van der Waals surface area contributed by atoms with Crippen LogP contribution in [0.4, 0.5) is 13.2 Å². The summed E-state index contributed by atoms with van der Waals surface area (Å²) in [5, 5.41) is 0.935. The number of nitrogens with zero attached hydrogens (tertiary/aromatic N) is 1. The third-order valence-corrected chi connectivity index (χ3v) is 4.85. The van der Waals surface area contributed by atoms with Crippen LogP contribution in [-0.2, 0) is 6.18 Å². The molecule has 0 aliphatic heterocycles. The lowest BCUT2D eigenvalue weighted by Gasteiger charge is -2.11. The Kier molecular flexibility index (Phi) is 5.81. The Balaban J connectivity index is 2.42. The van der Waals surface area contributed by atoms with Crippen LogP contribution in [0.3, 0.4) is 0 Å². The van der Waals surface area contributed by atoms with Gasteiger partial charge in [0.15, 0.2) is 0 Å². The second-order valence-electron chi connectivity index (χ2n) is 4.47. The molecule has 22 heavy (non-hydrogen) atoms. The number of benzene rings is 1. The number of aromatic nitrogens is 1. The van der Waals surface area contributed by atoms with Crippen molar-refractivity contribution >= 4 is 23.5 Å². The average molecular weight is 343 g/mol. The summed E-state index contributed by atoms with van der Waals surface area (Å²) in [5.74, 6) is 1.80. The van der Waals surface area contributed by atoms with Crippen LogP contribution >= 0.6 is 23.5 Å². The quantitative estimate of drug-likeness (QED) is 0.619. The van der Waals surface area contributed by atoms with Gasteiger partial charge in [-0.25, -0.2) is 4.98 Å². The highest BCUT2D eigenvalue weighted by molar-refractivity contribution is 8.02. The molecule has 1 aromatic carbocycles. The standard InChI is InChI=1S/C16H16F3NS2/c1-3-21-14-9-12(10-20-15(14)22-4-2)11-6-5-7-13(8-11)16(17,18)19/h5-10H,3-4H2,1-2H3. The number of hydrogen-bond donors (Lipinski definition) is 0. The topological polar surface area (TPSA) is 12.9 Å². The van der Waals surface area contributed by atoms with Crippen molar-refractivity contribution in [3.05, 3.63) is 42.1 Å². The number of rotatable bonds is 5. The first-order valence-electron chi connectivity index (χ1n) is 6.89. The minimum Gasteiger partial charge on any atom is -0.248 e. The van der Waals surface area contributed by atoms with Crippen molar-refractivity contribution in [1.82, 2.24) is 4.98 Å². The Hall–Kier alpha value is -1.14. The van der Waals surface area contributed by atoms with Gasteiger partial charge in [0.25, 0.3) is 0 Å². The van der Waals surface area contributed by atoms with Gasteiger partial charge >= 0.3 is 6.18 Å². The lowest BCUT2D eigenvalue weighted by atomic mass is 10.0. The predicted octanol–water partition coefficient (Wildman–Crippen LogP) is 5.99. The van der Waals surface area contributed by atoms with Crippen molar-refractivity contribution in [3.8, 4) is 11.1 Å². The van der Waals surface area contributed by atoms with E-state index in [0.717, 1.165) is 27.5 Å². The highest BCUT2D eigenvalue weighted by Gasteiger charge is 2.30. The zero-order valence-corrected chi connectivity index (χ0v) is 13.9. The second-order valence-corrected chi connectivity index (χ2v) is 7.03. The molecule has 2 aromatic rings. The molecule has 1 heterocycles. The fourth-order valence-corrected chi connectivity index (χ4v) is 3.62. The molecule has 0 saturated carbocycles. The SMILES string of the molecule is CCSc1cc(-c2cccc(C(F)(F)F)c2)cnc1SCC. The maximum Gasteiger partial charge on any atom is 0.416 e. The highest BCUT2D eigenvalue weighted by Crippen LogP contribution is 2.35. The summed E-state index contributed by atoms with van der Waals surface area (Å²) in [6.07, 6.45) is -2.68. The van der Waals surface area contributed by atoms with Gasteiger partial charge in [-0.2, -0.15) is 13.2 Å². The zero-order valence-electron chi connectivity index (χ0n) is 12.3. The van der Waals surface area contributed by atoms with Gasteiger partial charge in [-0.15, -0.1) is 23.5 Å². The van der Waals surface area contributed by atoms with E-state index in [4.69, 9.17) is 0 Å². The Labute approximate surface area is 136 Å². The molecule has 0 unspecified atom stereocenters. The monoisotopic (exact) mass is 343 g/mol. The summed E-state index contributed by atoms with van der Waals surface area (Å²) < 4.78 is 38.5. The molecule has 0 radical (unpaired) electrons. The van der Waals surface area contributed by atoms with Crippen molar-refractivity contribution in [2.45, 2.75) is 29.9 Å². The predicted molar refractivity (Wildman–Crippen MR) is 87.5 cm³/mol. The van der Waals surface area contributed by atoms with Crippen molar-refractivity contribution in [2.75, 3.05) is 11.5 Å². The Morgan fingerprint density at radius 2 is 1.73 bits per heavy atom.